The van der Waals surface area contributed by atoms with E-state index < -0.39 is 35.2 Å². The first-order valence-electron chi connectivity index (χ1n) is 23.2. The second-order valence-corrected chi connectivity index (χ2v) is 21.0. The number of ether oxygens (including phenoxy) is 11. The van der Waals surface area contributed by atoms with Crippen LogP contribution in [0.3, 0.4) is 0 Å². The fourth-order valence-corrected chi connectivity index (χ4v) is 13.5. The van der Waals surface area contributed by atoms with Crippen LogP contribution in [0.5, 0.6) is 0 Å². The summed E-state index contributed by atoms with van der Waals surface area (Å²) in [5.74, 6) is 0.368. The molecule has 7 aliphatic rings. The van der Waals surface area contributed by atoms with Crippen LogP contribution in [0, 0.1) is 17.3 Å². The third-order valence-electron chi connectivity index (χ3n) is 14.3. The van der Waals surface area contributed by atoms with Gasteiger partial charge < -0.3 is 57.4 Å². The first kappa shape index (κ1) is 48.9. The first-order valence-corrected chi connectivity index (χ1v) is 25.6. The maximum absolute atomic E-state index is 13.5. The molecule has 0 aromatic rings. The van der Waals surface area contributed by atoms with Gasteiger partial charge in [0.1, 0.15) is 18.8 Å². The molecule has 9 atom stereocenters. The zero-order valence-corrected chi connectivity index (χ0v) is 39.2. The molecule has 1 saturated carbocycles. The first-order chi connectivity index (χ1) is 30.5. The molecule has 0 radical (unpaired) electrons. The lowest BCUT2D eigenvalue weighted by Crippen LogP contribution is -2.74. The lowest BCUT2D eigenvalue weighted by atomic mass is 9.47. The van der Waals surface area contributed by atoms with Crippen LogP contribution in [-0.2, 0) is 71.3 Å². The van der Waals surface area contributed by atoms with Gasteiger partial charge in [-0.05, 0) is 69.3 Å². The maximum atomic E-state index is 13.5. The van der Waals surface area contributed by atoms with E-state index >= 15 is 0 Å². The summed E-state index contributed by atoms with van der Waals surface area (Å²) in [6.07, 6.45) is 6.10. The number of cyclic esters (lactones) is 1. The van der Waals surface area contributed by atoms with Crippen molar-refractivity contribution in [2.24, 2.45) is 17.3 Å². The van der Waals surface area contributed by atoms with E-state index in [4.69, 9.17) is 52.1 Å². The Morgan fingerprint density at radius 2 is 1.48 bits per heavy atom. The van der Waals surface area contributed by atoms with Gasteiger partial charge in [-0.1, -0.05) is 48.8 Å². The van der Waals surface area contributed by atoms with Crippen molar-refractivity contribution in [2.75, 3.05) is 91.6 Å². The van der Waals surface area contributed by atoms with Gasteiger partial charge in [-0.3, -0.25) is 14.4 Å². The summed E-state index contributed by atoms with van der Waals surface area (Å²) in [6, 6.07) is 0. The van der Waals surface area contributed by atoms with Crippen molar-refractivity contribution < 1.29 is 71.3 Å². The molecule has 5 fully saturated rings. The van der Waals surface area contributed by atoms with E-state index in [1.165, 1.54) is 18.6 Å². The number of amides is 1. The molecule has 4 saturated heterocycles. The number of nitrogens with one attached hydrogen (secondary N) is 1. The van der Waals surface area contributed by atoms with Crippen molar-refractivity contribution in [3.8, 4) is 0 Å². The van der Waals surface area contributed by atoms with Crippen molar-refractivity contribution >= 4 is 45.4 Å². The topological polar surface area (TPSA) is 188 Å². The Morgan fingerprint density at radius 3 is 2.14 bits per heavy atom. The van der Waals surface area contributed by atoms with Crippen molar-refractivity contribution in [1.29, 1.82) is 0 Å². The highest BCUT2D eigenvalue weighted by molar-refractivity contribution is 8.77. The third kappa shape index (κ3) is 10.9. The molecule has 5 aliphatic heterocycles. The number of rotatable bonds is 29. The molecule has 356 valence electrons. The summed E-state index contributed by atoms with van der Waals surface area (Å²) in [7, 11) is 3.93. The molecule has 18 heteroatoms. The third-order valence-corrected chi connectivity index (χ3v) is 17.3. The number of hydrogen-bond donors (Lipinski definition) is 1. The summed E-state index contributed by atoms with van der Waals surface area (Å²) in [6.45, 7) is 13.4. The Labute approximate surface area is 379 Å². The predicted molar refractivity (Wildman–Crippen MR) is 232 cm³/mol. The molecule has 1 N–H and O–H groups in total. The molecular formula is C45H69NO15S2. The van der Waals surface area contributed by atoms with E-state index in [0.29, 0.717) is 105 Å². The SMILES string of the molecule is CC(C)[C@]12O[C@H]1O[C@]1(C)[C@@]3(C)CCC4=C(COC4=O)C3CC3O[C@@]31[C@@H]2OC(=O)CCCC(=O)NCCOCCOCCOCCOCCOCCOC(=O)CCCCC1CCSS1. The fraction of sp³-hybridized carbons (Fsp3) is 0.867. The lowest BCUT2D eigenvalue weighted by molar-refractivity contribution is -0.256. The largest absolute Gasteiger partial charge is 0.463 e. The lowest BCUT2D eigenvalue weighted by Gasteiger charge is -2.60. The minimum absolute atomic E-state index is 0.000143. The molecule has 0 bridgehead atoms. The van der Waals surface area contributed by atoms with Crippen LogP contribution in [0.15, 0.2) is 11.1 Å². The van der Waals surface area contributed by atoms with Crippen molar-refractivity contribution in [3.63, 3.8) is 0 Å². The number of hydrogen-bond acceptors (Lipinski definition) is 17. The summed E-state index contributed by atoms with van der Waals surface area (Å²) in [5, 5.41) is 3.59. The molecule has 63 heavy (non-hydrogen) atoms. The molecule has 7 rings (SSSR count). The van der Waals surface area contributed by atoms with E-state index in [1.807, 2.05) is 35.4 Å². The minimum Gasteiger partial charge on any atom is -0.463 e. The van der Waals surface area contributed by atoms with Gasteiger partial charge in [0.05, 0.1) is 72.2 Å². The van der Waals surface area contributed by atoms with Gasteiger partial charge in [-0.15, -0.1) is 0 Å². The Kier molecular flexibility index (Phi) is 17.2. The predicted octanol–water partition coefficient (Wildman–Crippen LogP) is 4.88. The second-order valence-electron chi connectivity index (χ2n) is 18.2. The van der Waals surface area contributed by atoms with Gasteiger partial charge in [0.25, 0.3) is 0 Å². The molecule has 1 amide bonds. The number of unbranched alkanes of at least 4 members (excludes halogenated alkanes) is 1. The van der Waals surface area contributed by atoms with Crippen LogP contribution in [0.4, 0.5) is 0 Å². The van der Waals surface area contributed by atoms with Crippen LogP contribution in [0.2, 0.25) is 0 Å². The molecule has 0 aromatic carbocycles. The Morgan fingerprint density at radius 1 is 0.810 bits per heavy atom. The monoisotopic (exact) mass is 927 g/mol. The van der Waals surface area contributed by atoms with E-state index in [2.05, 4.69) is 19.2 Å². The van der Waals surface area contributed by atoms with Crippen LogP contribution >= 0.6 is 21.6 Å². The molecule has 16 nitrogen and oxygen atoms in total. The van der Waals surface area contributed by atoms with Gasteiger partial charge in [-0.25, -0.2) is 4.79 Å². The molecule has 1 spiro atoms. The Bertz CT molecular complexity index is 1630. The van der Waals surface area contributed by atoms with E-state index in [0.717, 1.165) is 35.7 Å². The van der Waals surface area contributed by atoms with Gasteiger partial charge in [0.2, 0.25) is 5.91 Å². The minimum atomic E-state index is -0.871. The Balaban J connectivity index is 0.669. The van der Waals surface area contributed by atoms with Gasteiger partial charge in [-0.2, -0.15) is 0 Å². The quantitative estimate of drug-likeness (QED) is 0.0351. The average molecular weight is 928 g/mol. The van der Waals surface area contributed by atoms with Crippen molar-refractivity contribution in [2.45, 2.75) is 139 Å². The van der Waals surface area contributed by atoms with Crippen LogP contribution < -0.4 is 5.32 Å². The Hall–Kier alpha value is -2.00. The fourth-order valence-electron chi connectivity index (χ4n) is 10.5. The zero-order valence-electron chi connectivity index (χ0n) is 37.6. The van der Waals surface area contributed by atoms with E-state index in [1.54, 1.807) is 0 Å². The summed E-state index contributed by atoms with van der Waals surface area (Å²) >= 11 is 0. The van der Waals surface area contributed by atoms with Crippen LogP contribution in [0.25, 0.3) is 0 Å². The summed E-state index contributed by atoms with van der Waals surface area (Å²) in [4.78, 5) is 50.3. The van der Waals surface area contributed by atoms with Crippen molar-refractivity contribution in [1.82, 2.24) is 5.32 Å². The number of esters is 3. The molecular weight excluding hydrogens is 859 g/mol. The molecule has 0 aromatic heterocycles. The van der Waals surface area contributed by atoms with Crippen molar-refractivity contribution in [3.05, 3.63) is 11.1 Å². The summed E-state index contributed by atoms with van der Waals surface area (Å²) in [5.41, 5.74) is -1.04. The van der Waals surface area contributed by atoms with E-state index in [9.17, 15) is 19.2 Å². The second kappa shape index (κ2) is 22.2. The molecule has 2 aliphatic carbocycles. The average Bonchev–Trinajstić information content (AvgIpc) is 4.04. The maximum Gasteiger partial charge on any atom is 0.334 e. The van der Waals surface area contributed by atoms with Gasteiger partial charge in [0, 0.05) is 47.8 Å². The number of carbonyl (C=O) groups excluding carboxylic acids is 4. The summed E-state index contributed by atoms with van der Waals surface area (Å²) < 4.78 is 64.5. The number of fused-ring (bicyclic) bond motifs is 4. The highest BCUT2D eigenvalue weighted by Crippen LogP contribution is 2.76. The standard InChI is InChI=1S/C45H69NO15S2/c1-30(2)44-40(45-35(59-45)28-34-33-29-57-39(50)32(33)12-14-42(34,3)43(45,4)60-41(44)61-44)58-38(49)11-7-9-36(47)46-15-16-51-17-18-52-19-20-53-21-22-54-23-24-55-25-26-56-37(48)10-6-5-8-31-13-27-62-63-31/h30-31,34-35,40-41H,5-29H2,1-4H3,(H,46,47)/t31?,34?,35?,40-,41-,42+,43-,44-,45-/m1/s1. The van der Waals surface area contributed by atoms with Crippen LogP contribution in [0.1, 0.15) is 98.3 Å². The normalized spacial score (nSPS) is 33.5. The zero-order chi connectivity index (χ0) is 44.5. The smallest absolute Gasteiger partial charge is 0.334 e. The van der Waals surface area contributed by atoms with Gasteiger partial charge >= 0.3 is 17.9 Å². The molecule has 5 heterocycles. The number of epoxide rings is 2. The highest BCUT2D eigenvalue weighted by Gasteiger charge is 2.92. The van der Waals surface area contributed by atoms with E-state index in [-0.39, 0.29) is 60.6 Å². The molecule has 3 unspecified atom stereocenters. The van der Waals surface area contributed by atoms with Gasteiger partial charge in [0.15, 0.2) is 23.6 Å². The highest BCUT2D eigenvalue weighted by atomic mass is 33.1. The van der Waals surface area contributed by atoms with Crippen LogP contribution in [-0.4, -0.2) is 156 Å². The number of carbonyl (C=O) groups is 4.